The zero-order chi connectivity index (χ0) is 14.5. The fraction of sp³-hybridized carbons (Fsp3) is 0.769. The summed E-state index contributed by atoms with van der Waals surface area (Å²) in [6.45, 7) is 3.54. The molecule has 8 heteroatoms. The predicted octanol–water partition coefficient (Wildman–Crippen LogP) is 0.738. The van der Waals surface area contributed by atoms with Crippen molar-refractivity contribution in [1.29, 1.82) is 0 Å². The van der Waals surface area contributed by atoms with Gasteiger partial charge >= 0.3 is 0 Å². The molecule has 0 unspecified atom stereocenters. The zero-order valence-corrected chi connectivity index (χ0v) is 12.2. The highest BCUT2D eigenvalue weighted by molar-refractivity contribution is 5.44. The van der Waals surface area contributed by atoms with Gasteiger partial charge in [0.1, 0.15) is 0 Å². The number of hydrogen-bond donors (Lipinski definition) is 3. The Labute approximate surface area is 124 Å². The molecule has 0 spiro atoms. The van der Waals surface area contributed by atoms with E-state index in [1.807, 2.05) is 0 Å². The predicted molar refractivity (Wildman–Crippen MR) is 81.2 cm³/mol. The molecule has 0 amide bonds. The van der Waals surface area contributed by atoms with E-state index in [1.54, 1.807) is 0 Å². The molecule has 2 fully saturated rings. The fourth-order valence-corrected chi connectivity index (χ4v) is 2.75. The number of nitrogens with zero attached hydrogens (tertiary/aromatic N) is 4. The van der Waals surface area contributed by atoms with Gasteiger partial charge in [-0.3, -0.25) is 5.43 Å². The third kappa shape index (κ3) is 3.70. The monoisotopic (exact) mass is 293 g/mol. The molecular weight excluding hydrogens is 270 g/mol. The van der Waals surface area contributed by atoms with E-state index in [9.17, 15) is 0 Å². The Hall–Kier alpha value is -1.67. The van der Waals surface area contributed by atoms with Crippen molar-refractivity contribution in [2.24, 2.45) is 5.84 Å². The van der Waals surface area contributed by atoms with Crippen LogP contribution in [0, 0.1) is 0 Å². The number of hydrazine groups is 1. The molecule has 2 aliphatic heterocycles. The summed E-state index contributed by atoms with van der Waals surface area (Å²) in [5, 5.41) is 3.37. The molecule has 4 N–H and O–H groups in total. The molecule has 0 aliphatic carbocycles. The molecule has 0 radical (unpaired) electrons. The van der Waals surface area contributed by atoms with Crippen LogP contribution in [0.1, 0.15) is 32.1 Å². The summed E-state index contributed by atoms with van der Waals surface area (Å²) >= 11 is 0. The van der Waals surface area contributed by atoms with Crippen molar-refractivity contribution in [3.63, 3.8) is 0 Å². The maximum Gasteiger partial charge on any atom is 0.243 e. The zero-order valence-electron chi connectivity index (χ0n) is 12.2. The number of aromatic nitrogens is 3. The summed E-state index contributed by atoms with van der Waals surface area (Å²) in [4.78, 5) is 15.4. The van der Waals surface area contributed by atoms with Gasteiger partial charge in [0.15, 0.2) is 0 Å². The summed E-state index contributed by atoms with van der Waals surface area (Å²) in [5.41, 5.74) is 2.53. The Balaban J connectivity index is 1.75. The van der Waals surface area contributed by atoms with Crippen LogP contribution >= 0.6 is 0 Å². The van der Waals surface area contributed by atoms with Crippen molar-refractivity contribution in [2.75, 3.05) is 41.9 Å². The van der Waals surface area contributed by atoms with Crippen LogP contribution in [0.3, 0.4) is 0 Å². The second kappa shape index (κ2) is 6.86. The van der Waals surface area contributed by atoms with Crippen LogP contribution in [0.2, 0.25) is 0 Å². The van der Waals surface area contributed by atoms with Crippen molar-refractivity contribution in [3.05, 3.63) is 0 Å². The van der Waals surface area contributed by atoms with Gasteiger partial charge in [0.05, 0.1) is 0 Å². The van der Waals surface area contributed by atoms with Crippen molar-refractivity contribution in [1.82, 2.24) is 15.0 Å². The molecule has 2 saturated heterocycles. The number of piperidine rings is 1. The first-order valence-electron chi connectivity index (χ1n) is 7.67. The van der Waals surface area contributed by atoms with Gasteiger partial charge in [-0.15, -0.1) is 0 Å². The molecule has 21 heavy (non-hydrogen) atoms. The lowest BCUT2D eigenvalue weighted by Gasteiger charge is -2.28. The Bertz CT molecular complexity index is 458. The Morgan fingerprint density at radius 3 is 2.43 bits per heavy atom. The topological polar surface area (TPSA) is 101 Å². The van der Waals surface area contributed by atoms with Gasteiger partial charge in [-0.25, -0.2) is 5.84 Å². The second-order valence-corrected chi connectivity index (χ2v) is 5.51. The summed E-state index contributed by atoms with van der Waals surface area (Å²) in [7, 11) is 0. The number of anilines is 3. The lowest BCUT2D eigenvalue weighted by Crippen LogP contribution is -2.33. The number of hydrogen-bond acceptors (Lipinski definition) is 8. The fourth-order valence-electron chi connectivity index (χ4n) is 2.75. The maximum atomic E-state index is 5.48. The highest BCUT2D eigenvalue weighted by Crippen LogP contribution is 2.19. The number of nitrogens with one attached hydrogen (secondary N) is 2. The van der Waals surface area contributed by atoms with E-state index in [1.165, 1.54) is 19.3 Å². The molecule has 0 atom stereocenters. The van der Waals surface area contributed by atoms with Crippen molar-refractivity contribution >= 4 is 17.8 Å². The van der Waals surface area contributed by atoms with E-state index < -0.39 is 0 Å². The van der Waals surface area contributed by atoms with Gasteiger partial charge in [-0.05, 0) is 32.1 Å². The molecular formula is C13H23N7O. The smallest absolute Gasteiger partial charge is 0.243 e. The second-order valence-electron chi connectivity index (χ2n) is 5.51. The minimum Gasteiger partial charge on any atom is -0.381 e. The molecule has 0 bridgehead atoms. The minimum absolute atomic E-state index is 0.348. The Kier molecular flexibility index (Phi) is 4.66. The van der Waals surface area contributed by atoms with Crippen LogP contribution in [0.15, 0.2) is 0 Å². The van der Waals surface area contributed by atoms with Crippen LogP contribution in [0.25, 0.3) is 0 Å². The van der Waals surface area contributed by atoms with Crippen molar-refractivity contribution < 1.29 is 4.74 Å². The first kappa shape index (κ1) is 14.3. The Morgan fingerprint density at radius 2 is 1.71 bits per heavy atom. The molecule has 0 aromatic carbocycles. The third-order valence-electron chi connectivity index (χ3n) is 3.95. The van der Waals surface area contributed by atoms with Crippen LogP contribution in [0.5, 0.6) is 0 Å². The van der Waals surface area contributed by atoms with E-state index in [2.05, 4.69) is 30.6 Å². The highest BCUT2D eigenvalue weighted by Gasteiger charge is 2.19. The van der Waals surface area contributed by atoms with E-state index in [-0.39, 0.29) is 0 Å². The normalized spacial score (nSPS) is 20.3. The standard InChI is InChI=1S/C13H23N7O/c14-19-12-16-11(15-10-4-8-21-9-5-10)17-13(18-12)20-6-2-1-3-7-20/h10H,1-9,14H2,(H2,15,16,17,18,19). The third-order valence-corrected chi connectivity index (χ3v) is 3.95. The van der Waals surface area contributed by atoms with Crippen molar-refractivity contribution in [2.45, 2.75) is 38.1 Å². The average molecular weight is 293 g/mol. The number of nitrogen functional groups attached to an aromatic ring is 1. The van der Waals surface area contributed by atoms with Gasteiger partial charge < -0.3 is 15.0 Å². The van der Waals surface area contributed by atoms with Crippen LogP contribution in [-0.4, -0.2) is 47.3 Å². The summed E-state index contributed by atoms with van der Waals surface area (Å²) in [6, 6.07) is 0.348. The first-order chi connectivity index (χ1) is 10.3. The molecule has 0 saturated carbocycles. The molecule has 1 aromatic rings. The van der Waals surface area contributed by atoms with E-state index >= 15 is 0 Å². The molecule has 1 aromatic heterocycles. The summed E-state index contributed by atoms with van der Waals surface area (Å²) in [5.74, 6) is 7.17. The minimum atomic E-state index is 0.348. The van der Waals surface area contributed by atoms with Gasteiger partial charge in [-0.1, -0.05) is 0 Å². The van der Waals surface area contributed by atoms with E-state index in [0.29, 0.717) is 23.9 Å². The molecule has 8 nitrogen and oxygen atoms in total. The van der Waals surface area contributed by atoms with Gasteiger partial charge in [0.25, 0.3) is 0 Å². The number of nitrogens with two attached hydrogens (primary N) is 1. The molecule has 3 rings (SSSR count). The maximum absolute atomic E-state index is 5.48. The highest BCUT2D eigenvalue weighted by atomic mass is 16.5. The average Bonchev–Trinajstić information content (AvgIpc) is 2.56. The Morgan fingerprint density at radius 1 is 1.00 bits per heavy atom. The lowest BCUT2D eigenvalue weighted by atomic mass is 10.1. The number of ether oxygens (including phenoxy) is 1. The van der Waals surface area contributed by atoms with E-state index in [4.69, 9.17) is 10.6 Å². The van der Waals surface area contributed by atoms with Crippen LogP contribution in [0.4, 0.5) is 17.8 Å². The van der Waals surface area contributed by atoms with Crippen LogP contribution in [-0.2, 0) is 4.74 Å². The summed E-state index contributed by atoms with van der Waals surface area (Å²) < 4.78 is 5.37. The first-order valence-corrected chi connectivity index (χ1v) is 7.67. The lowest BCUT2D eigenvalue weighted by molar-refractivity contribution is 0.0903. The SMILES string of the molecule is NNc1nc(NC2CCOCC2)nc(N2CCCCC2)n1. The van der Waals surface area contributed by atoms with Crippen molar-refractivity contribution in [3.8, 4) is 0 Å². The van der Waals surface area contributed by atoms with Gasteiger partial charge in [0.2, 0.25) is 17.8 Å². The quantitative estimate of drug-likeness (QED) is 0.552. The largest absolute Gasteiger partial charge is 0.381 e. The number of rotatable bonds is 4. The summed E-state index contributed by atoms with van der Waals surface area (Å²) in [6.07, 6.45) is 5.57. The molecule has 3 heterocycles. The van der Waals surface area contributed by atoms with Gasteiger partial charge in [0, 0.05) is 32.3 Å². The molecule has 2 aliphatic rings. The van der Waals surface area contributed by atoms with E-state index in [0.717, 1.165) is 39.1 Å². The molecule has 116 valence electrons. The van der Waals surface area contributed by atoms with Crippen LogP contribution < -0.4 is 21.5 Å². The van der Waals surface area contributed by atoms with Gasteiger partial charge in [-0.2, -0.15) is 15.0 Å².